The molecule has 1 N–H and O–H groups in total. The zero-order valence-corrected chi connectivity index (χ0v) is 16.3. The van der Waals surface area contributed by atoms with E-state index in [0.29, 0.717) is 24.0 Å². The maximum Gasteiger partial charge on any atom is 0.434 e. The summed E-state index contributed by atoms with van der Waals surface area (Å²) in [6.45, 7) is 4.39. The Balaban J connectivity index is 1.71. The largest absolute Gasteiger partial charge is 0.434 e. The van der Waals surface area contributed by atoms with Crippen molar-refractivity contribution in [3.8, 4) is 5.69 Å². The molecule has 2 aromatic heterocycles. The van der Waals surface area contributed by atoms with Crippen LogP contribution in [0.15, 0.2) is 49.1 Å². The molecule has 0 spiro atoms. The molecule has 3 rings (SSSR count). The van der Waals surface area contributed by atoms with Gasteiger partial charge in [-0.15, -0.1) is 0 Å². The number of rotatable bonds is 7. The third-order valence-corrected chi connectivity index (χ3v) is 4.42. The van der Waals surface area contributed by atoms with Gasteiger partial charge in [-0.1, -0.05) is 12.1 Å². The van der Waals surface area contributed by atoms with Crippen LogP contribution in [0, 0.1) is 0 Å². The van der Waals surface area contributed by atoms with Crippen LogP contribution in [0.1, 0.15) is 29.9 Å². The van der Waals surface area contributed by atoms with Crippen LogP contribution >= 0.6 is 0 Å². The molecule has 0 aliphatic heterocycles. The molecule has 1 atom stereocenters. The van der Waals surface area contributed by atoms with E-state index in [1.807, 2.05) is 13.8 Å². The number of halogens is 3. The van der Waals surface area contributed by atoms with E-state index in [9.17, 15) is 18.0 Å². The summed E-state index contributed by atoms with van der Waals surface area (Å²) >= 11 is 0. The Morgan fingerprint density at radius 2 is 1.87 bits per heavy atom. The van der Waals surface area contributed by atoms with Gasteiger partial charge in [-0.2, -0.15) is 28.2 Å². The van der Waals surface area contributed by atoms with Crippen molar-refractivity contribution >= 4 is 11.7 Å². The summed E-state index contributed by atoms with van der Waals surface area (Å²) in [5.41, 5.74) is -0.0632. The van der Waals surface area contributed by atoms with Gasteiger partial charge < -0.3 is 10.2 Å². The first-order valence-electron chi connectivity index (χ1n) is 9.21. The summed E-state index contributed by atoms with van der Waals surface area (Å²) in [5, 5.41) is 11.1. The number of carbonyl (C=O) groups excluding carboxylic acids is 1. The third-order valence-electron chi connectivity index (χ3n) is 4.42. The molecule has 1 amide bonds. The Hall–Kier alpha value is -3.50. The highest BCUT2D eigenvalue weighted by molar-refractivity contribution is 5.97. The average Bonchev–Trinajstić information content (AvgIpc) is 3.27. The summed E-state index contributed by atoms with van der Waals surface area (Å²) in [5.74, 6) is -0.0160. The smallest absolute Gasteiger partial charge is 0.367 e. The summed E-state index contributed by atoms with van der Waals surface area (Å²) in [6, 6.07) is 6.73. The fraction of sp³-hybridized carbons (Fsp3) is 0.316. The first-order valence-corrected chi connectivity index (χ1v) is 9.21. The molecule has 8 nitrogen and oxygen atoms in total. The van der Waals surface area contributed by atoms with Crippen LogP contribution in [-0.2, 0) is 6.18 Å². The Kier molecular flexibility index (Phi) is 6.28. The Morgan fingerprint density at radius 1 is 1.17 bits per heavy atom. The lowest BCUT2D eigenvalue weighted by Gasteiger charge is -2.29. The van der Waals surface area contributed by atoms with Gasteiger partial charge in [0.15, 0.2) is 5.69 Å². The van der Waals surface area contributed by atoms with Gasteiger partial charge in [-0.3, -0.25) is 4.79 Å². The minimum atomic E-state index is -4.54. The Labute approximate surface area is 170 Å². The molecule has 11 heteroatoms. The van der Waals surface area contributed by atoms with E-state index in [4.69, 9.17) is 0 Å². The Bertz CT molecular complexity index is 975. The van der Waals surface area contributed by atoms with Gasteiger partial charge in [0, 0.05) is 19.1 Å². The van der Waals surface area contributed by atoms with Crippen molar-refractivity contribution in [2.75, 3.05) is 18.4 Å². The average molecular weight is 419 g/mol. The van der Waals surface area contributed by atoms with Gasteiger partial charge in [0.25, 0.3) is 5.91 Å². The molecule has 0 saturated heterocycles. The van der Waals surface area contributed by atoms with Crippen molar-refractivity contribution in [1.29, 1.82) is 0 Å². The predicted octanol–water partition coefficient (Wildman–Crippen LogP) is 3.04. The molecular weight excluding hydrogens is 399 g/mol. The van der Waals surface area contributed by atoms with Crippen molar-refractivity contribution in [2.24, 2.45) is 0 Å². The molecule has 1 aromatic carbocycles. The number of carbonyl (C=O) groups is 1. The first kappa shape index (κ1) is 21.2. The van der Waals surface area contributed by atoms with Gasteiger partial charge in [-0.25, -0.2) is 9.97 Å². The highest BCUT2D eigenvalue weighted by Gasteiger charge is 2.32. The number of alkyl halides is 3. The lowest BCUT2D eigenvalue weighted by atomic mass is 10.1. The summed E-state index contributed by atoms with van der Waals surface area (Å²) in [4.78, 5) is 23.3. The number of benzene rings is 1. The monoisotopic (exact) mass is 419 g/mol. The molecule has 0 aliphatic carbocycles. The molecule has 0 saturated carbocycles. The summed E-state index contributed by atoms with van der Waals surface area (Å²) < 4.78 is 37.8. The fourth-order valence-electron chi connectivity index (χ4n) is 2.91. The predicted molar refractivity (Wildman–Crippen MR) is 103 cm³/mol. The topological polar surface area (TPSA) is 88.8 Å². The first-order chi connectivity index (χ1) is 14.3. The van der Waals surface area contributed by atoms with Crippen molar-refractivity contribution in [2.45, 2.75) is 26.1 Å². The molecular formula is C19H20F3N7O. The molecule has 30 heavy (non-hydrogen) atoms. The molecule has 0 bridgehead atoms. The van der Waals surface area contributed by atoms with Crippen LogP contribution in [-0.4, -0.2) is 54.9 Å². The second kappa shape index (κ2) is 8.89. The van der Waals surface area contributed by atoms with E-state index in [-0.39, 0.29) is 24.3 Å². The van der Waals surface area contributed by atoms with E-state index >= 15 is 0 Å². The van der Waals surface area contributed by atoms with Gasteiger partial charge >= 0.3 is 6.18 Å². The van der Waals surface area contributed by atoms with Crippen LogP contribution in [0.4, 0.5) is 19.0 Å². The van der Waals surface area contributed by atoms with Crippen molar-refractivity contribution < 1.29 is 18.0 Å². The SMILES string of the molecule is CCN(C(=O)c1ccccc1-n1nccn1)[C@@H](C)CNc1cnc(C(F)(F)F)cn1. The van der Waals surface area contributed by atoms with E-state index in [0.717, 1.165) is 6.20 Å². The van der Waals surface area contributed by atoms with Crippen molar-refractivity contribution in [3.05, 3.63) is 60.3 Å². The summed E-state index contributed by atoms with van der Waals surface area (Å²) in [6.07, 6.45) is 0.198. The van der Waals surface area contributed by atoms with E-state index in [2.05, 4.69) is 25.5 Å². The van der Waals surface area contributed by atoms with Gasteiger partial charge in [0.05, 0.1) is 36.0 Å². The molecule has 0 unspecified atom stereocenters. The lowest BCUT2D eigenvalue weighted by molar-refractivity contribution is -0.141. The molecule has 158 valence electrons. The number of para-hydroxylation sites is 1. The minimum Gasteiger partial charge on any atom is -0.367 e. The van der Waals surface area contributed by atoms with Crippen molar-refractivity contribution in [3.63, 3.8) is 0 Å². The number of amides is 1. The standard InChI is InChI=1S/C19H20F3N7O/c1-3-28(13(2)10-24-17-12-23-16(11-25-17)19(20,21)22)18(30)14-6-4-5-7-15(14)29-26-8-9-27-29/h4-9,11-13H,3,10H2,1-2H3,(H,24,25)/t13-/m0/s1. The minimum absolute atomic E-state index is 0.194. The van der Waals surface area contributed by atoms with Gasteiger partial charge in [-0.05, 0) is 26.0 Å². The highest BCUT2D eigenvalue weighted by Crippen LogP contribution is 2.26. The molecule has 0 aliphatic rings. The number of nitrogens with zero attached hydrogens (tertiary/aromatic N) is 6. The zero-order chi connectivity index (χ0) is 21.7. The fourth-order valence-corrected chi connectivity index (χ4v) is 2.91. The maximum absolute atomic E-state index is 13.2. The van der Waals surface area contributed by atoms with E-state index < -0.39 is 11.9 Å². The molecule has 0 fully saturated rings. The zero-order valence-electron chi connectivity index (χ0n) is 16.3. The number of hydrogen-bond acceptors (Lipinski definition) is 6. The van der Waals surface area contributed by atoms with Crippen molar-refractivity contribution in [1.82, 2.24) is 29.9 Å². The number of hydrogen-bond donors (Lipinski definition) is 1. The highest BCUT2D eigenvalue weighted by atomic mass is 19.4. The van der Waals surface area contributed by atoms with Gasteiger partial charge in [0.2, 0.25) is 0 Å². The van der Waals surface area contributed by atoms with Crippen LogP contribution < -0.4 is 5.32 Å². The number of aromatic nitrogens is 5. The second-order valence-electron chi connectivity index (χ2n) is 6.44. The number of anilines is 1. The molecule has 2 heterocycles. The normalized spacial score (nSPS) is 12.4. The lowest BCUT2D eigenvalue weighted by Crippen LogP contribution is -2.42. The third kappa shape index (κ3) is 4.73. The molecule has 3 aromatic rings. The number of nitrogens with one attached hydrogen (secondary N) is 1. The van der Waals surface area contributed by atoms with Crippen LogP contribution in [0.2, 0.25) is 0 Å². The van der Waals surface area contributed by atoms with Crippen LogP contribution in [0.25, 0.3) is 5.69 Å². The maximum atomic E-state index is 13.2. The van der Waals surface area contributed by atoms with E-state index in [1.165, 1.54) is 17.2 Å². The van der Waals surface area contributed by atoms with Crippen LogP contribution in [0.3, 0.4) is 0 Å². The quantitative estimate of drug-likeness (QED) is 0.633. The molecule has 0 radical (unpaired) electrons. The van der Waals surface area contributed by atoms with E-state index in [1.54, 1.807) is 29.2 Å². The van der Waals surface area contributed by atoms with Gasteiger partial charge in [0.1, 0.15) is 5.82 Å². The Morgan fingerprint density at radius 3 is 2.47 bits per heavy atom. The number of likely N-dealkylation sites (N-methyl/N-ethyl adjacent to an activating group) is 1. The summed E-state index contributed by atoms with van der Waals surface area (Å²) in [7, 11) is 0. The second-order valence-corrected chi connectivity index (χ2v) is 6.44. The van der Waals surface area contributed by atoms with Crippen LogP contribution in [0.5, 0.6) is 0 Å².